The number of rotatable bonds is 5. The van der Waals surface area contributed by atoms with Crippen LogP contribution >= 0.6 is 11.9 Å². The third kappa shape index (κ3) is 6.06. The van der Waals surface area contributed by atoms with Crippen molar-refractivity contribution in [2.24, 2.45) is 0 Å². The summed E-state index contributed by atoms with van der Waals surface area (Å²) < 4.78 is 7.76. The van der Waals surface area contributed by atoms with Crippen LogP contribution in [0.4, 0.5) is 0 Å². The number of morpholine rings is 1. The quantitative estimate of drug-likeness (QED) is 0.411. The van der Waals surface area contributed by atoms with Gasteiger partial charge in [-0.15, -0.1) is 0 Å². The van der Waals surface area contributed by atoms with Gasteiger partial charge in [0.1, 0.15) is 0 Å². The van der Waals surface area contributed by atoms with Crippen molar-refractivity contribution in [1.29, 1.82) is 0 Å². The zero-order valence-electron chi connectivity index (χ0n) is 9.71. The van der Waals surface area contributed by atoms with Crippen molar-refractivity contribution >= 4 is 20.0 Å². The van der Waals surface area contributed by atoms with E-state index in [9.17, 15) is 0 Å². The van der Waals surface area contributed by atoms with Crippen LogP contribution in [-0.2, 0) is 4.74 Å². The first kappa shape index (κ1) is 12.6. The lowest BCUT2D eigenvalue weighted by Gasteiger charge is -2.25. The Bertz CT molecular complexity index is 155. The van der Waals surface area contributed by atoms with E-state index in [1.807, 2.05) is 11.9 Å². The number of nitrogens with zero attached hydrogens (tertiary/aromatic N) is 1. The zero-order chi connectivity index (χ0) is 10.4. The van der Waals surface area contributed by atoms with Crippen LogP contribution < -0.4 is 0 Å². The molecule has 84 valence electrons. The molecule has 0 aromatic carbocycles. The van der Waals surface area contributed by atoms with E-state index in [-0.39, 0.29) is 0 Å². The van der Waals surface area contributed by atoms with Crippen molar-refractivity contribution in [3.8, 4) is 0 Å². The summed E-state index contributed by atoms with van der Waals surface area (Å²) in [4.78, 5) is 0. The first-order valence-corrected chi connectivity index (χ1v) is 10.2. The molecule has 0 spiro atoms. The van der Waals surface area contributed by atoms with E-state index in [0.29, 0.717) is 0 Å². The molecule has 0 aromatic heterocycles. The van der Waals surface area contributed by atoms with Crippen LogP contribution in [0.15, 0.2) is 0 Å². The second-order valence-electron chi connectivity index (χ2n) is 5.04. The Morgan fingerprint density at radius 3 is 2.43 bits per heavy atom. The van der Waals surface area contributed by atoms with Crippen molar-refractivity contribution in [3.63, 3.8) is 0 Å². The normalized spacial score (nSPS) is 19.9. The summed E-state index contributed by atoms with van der Waals surface area (Å²) in [6.07, 6.45) is 1.39. The van der Waals surface area contributed by atoms with Gasteiger partial charge in [-0.1, -0.05) is 37.6 Å². The molecule has 14 heavy (non-hydrogen) atoms. The predicted octanol–water partition coefficient (Wildman–Crippen LogP) is 2.70. The minimum absolute atomic E-state index is 0.800. The first-order valence-electron chi connectivity index (χ1n) is 5.53. The molecule has 1 aliphatic heterocycles. The van der Waals surface area contributed by atoms with Crippen LogP contribution in [0.2, 0.25) is 25.7 Å². The molecule has 4 heteroatoms. The summed E-state index contributed by atoms with van der Waals surface area (Å²) in [6, 6.07) is 1.46. The van der Waals surface area contributed by atoms with Gasteiger partial charge >= 0.3 is 0 Å². The fourth-order valence-electron chi connectivity index (χ4n) is 1.47. The van der Waals surface area contributed by atoms with Crippen molar-refractivity contribution in [3.05, 3.63) is 0 Å². The molecule has 0 bridgehead atoms. The Hall–Kier alpha value is 0.487. The van der Waals surface area contributed by atoms with Gasteiger partial charge in [0.05, 0.1) is 13.2 Å². The van der Waals surface area contributed by atoms with Crippen LogP contribution in [-0.4, -0.2) is 44.4 Å². The highest BCUT2D eigenvalue weighted by Gasteiger charge is 2.13. The van der Waals surface area contributed by atoms with E-state index in [2.05, 4.69) is 23.9 Å². The molecule has 0 unspecified atom stereocenters. The fraction of sp³-hybridized carbons (Fsp3) is 1.00. The Morgan fingerprint density at radius 1 is 1.21 bits per heavy atom. The van der Waals surface area contributed by atoms with Crippen LogP contribution in [0.3, 0.4) is 0 Å². The first-order chi connectivity index (χ1) is 6.58. The van der Waals surface area contributed by atoms with E-state index < -0.39 is 8.07 Å². The number of ether oxygens (including phenoxy) is 1. The van der Waals surface area contributed by atoms with E-state index in [1.165, 1.54) is 18.2 Å². The molecule has 0 aliphatic carbocycles. The predicted molar refractivity (Wildman–Crippen MR) is 67.6 cm³/mol. The molecule has 0 N–H and O–H groups in total. The summed E-state index contributed by atoms with van der Waals surface area (Å²) in [6.45, 7) is 11.4. The SMILES string of the molecule is C[Si](C)(C)CCCSN1CCOCC1. The van der Waals surface area contributed by atoms with Gasteiger partial charge in [0.15, 0.2) is 0 Å². The zero-order valence-corrected chi connectivity index (χ0v) is 11.5. The van der Waals surface area contributed by atoms with Gasteiger partial charge in [0.25, 0.3) is 0 Å². The van der Waals surface area contributed by atoms with Gasteiger partial charge in [-0.3, -0.25) is 0 Å². The minimum Gasteiger partial charge on any atom is -0.379 e. The summed E-state index contributed by atoms with van der Waals surface area (Å²) in [5, 5.41) is 0. The van der Waals surface area contributed by atoms with Gasteiger partial charge < -0.3 is 4.74 Å². The number of hydrogen-bond acceptors (Lipinski definition) is 3. The van der Waals surface area contributed by atoms with Crippen molar-refractivity contribution in [2.45, 2.75) is 32.1 Å². The largest absolute Gasteiger partial charge is 0.379 e. The Labute approximate surface area is 93.5 Å². The molecule has 1 rings (SSSR count). The topological polar surface area (TPSA) is 12.5 Å². The summed E-state index contributed by atoms with van der Waals surface area (Å²) in [5.74, 6) is 1.30. The average molecular weight is 233 g/mol. The van der Waals surface area contributed by atoms with E-state index in [0.717, 1.165) is 26.3 Å². The molecular weight excluding hydrogens is 210 g/mol. The van der Waals surface area contributed by atoms with Gasteiger partial charge in [-0.25, -0.2) is 4.31 Å². The molecule has 0 saturated carbocycles. The summed E-state index contributed by atoms with van der Waals surface area (Å²) >= 11 is 2.01. The van der Waals surface area contributed by atoms with Crippen molar-refractivity contribution in [1.82, 2.24) is 4.31 Å². The van der Waals surface area contributed by atoms with Crippen LogP contribution in [0, 0.1) is 0 Å². The molecule has 1 aliphatic rings. The highest BCUT2D eigenvalue weighted by molar-refractivity contribution is 7.97. The van der Waals surface area contributed by atoms with Gasteiger partial charge in [-0.05, 0) is 6.42 Å². The molecule has 0 amide bonds. The maximum Gasteiger partial charge on any atom is 0.0603 e. The van der Waals surface area contributed by atoms with Crippen LogP contribution in [0.5, 0.6) is 0 Å². The second kappa shape index (κ2) is 6.15. The van der Waals surface area contributed by atoms with Gasteiger partial charge in [-0.2, -0.15) is 0 Å². The molecular formula is C10H23NOSSi. The molecule has 1 heterocycles. The molecule has 2 nitrogen and oxygen atoms in total. The fourth-order valence-corrected chi connectivity index (χ4v) is 3.90. The molecule has 0 aromatic rings. The smallest absolute Gasteiger partial charge is 0.0603 e. The standard InChI is InChI=1S/C10H23NOSSi/c1-14(2,3)10-4-9-13-11-5-7-12-8-6-11/h4-10H2,1-3H3. The van der Waals surface area contributed by atoms with E-state index in [1.54, 1.807) is 0 Å². The maximum atomic E-state index is 5.31. The molecule has 0 atom stereocenters. The Kier molecular flexibility index (Phi) is 5.52. The van der Waals surface area contributed by atoms with Crippen LogP contribution in [0.25, 0.3) is 0 Å². The second-order valence-corrected chi connectivity index (χ2v) is 11.8. The molecule has 1 fully saturated rings. The van der Waals surface area contributed by atoms with E-state index >= 15 is 0 Å². The molecule has 1 saturated heterocycles. The molecule has 0 radical (unpaired) electrons. The summed E-state index contributed by atoms with van der Waals surface area (Å²) in [5.41, 5.74) is 0. The van der Waals surface area contributed by atoms with Crippen LogP contribution in [0.1, 0.15) is 6.42 Å². The summed E-state index contributed by atoms with van der Waals surface area (Å²) in [7, 11) is -0.800. The third-order valence-corrected chi connectivity index (χ3v) is 5.37. The van der Waals surface area contributed by atoms with Gasteiger partial charge in [0, 0.05) is 26.9 Å². The Balaban J connectivity index is 1.97. The highest BCUT2D eigenvalue weighted by Crippen LogP contribution is 2.17. The lowest BCUT2D eigenvalue weighted by atomic mass is 10.5. The Morgan fingerprint density at radius 2 is 1.86 bits per heavy atom. The lowest BCUT2D eigenvalue weighted by molar-refractivity contribution is 0.0773. The monoisotopic (exact) mass is 233 g/mol. The van der Waals surface area contributed by atoms with Crippen molar-refractivity contribution < 1.29 is 4.74 Å². The van der Waals surface area contributed by atoms with E-state index in [4.69, 9.17) is 4.74 Å². The van der Waals surface area contributed by atoms with Gasteiger partial charge in [0.2, 0.25) is 0 Å². The minimum atomic E-state index is -0.800. The lowest BCUT2D eigenvalue weighted by Crippen LogP contribution is -2.31. The van der Waals surface area contributed by atoms with Crippen molar-refractivity contribution in [2.75, 3.05) is 32.1 Å². The third-order valence-electron chi connectivity index (χ3n) is 2.32. The highest BCUT2D eigenvalue weighted by atomic mass is 32.2. The maximum absolute atomic E-state index is 5.31. The number of hydrogen-bond donors (Lipinski definition) is 0. The average Bonchev–Trinajstić information content (AvgIpc) is 2.13.